The summed E-state index contributed by atoms with van der Waals surface area (Å²) in [6.45, 7) is 6.85. The Morgan fingerprint density at radius 3 is 3.00 bits per heavy atom. The van der Waals surface area contributed by atoms with Gasteiger partial charge in [-0.2, -0.15) is 11.8 Å². The second-order valence-corrected chi connectivity index (χ2v) is 6.46. The third kappa shape index (κ3) is 3.92. The average Bonchev–Trinajstić information content (AvgIpc) is 2.73. The highest BCUT2D eigenvalue weighted by atomic mass is 32.2. The summed E-state index contributed by atoms with van der Waals surface area (Å²) < 4.78 is 0. The van der Waals surface area contributed by atoms with E-state index in [4.69, 9.17) is 0 Å². The van der Waals surface area contributed by atoms with E-state index in [0.29, 0.717) is 0 Å². The van der Waals surface area contributed by atoms with Gasteiger partial charge in [-0.15, -0.1) is 0 Å². The van der Waals surface area contributed by atoms with Crippen LogP contribution in [-0.4, -0.2) is 41.9 Å². The first-order chi connectivity index (χ1) is 9.72. The number of amides is 1. The molecule has 0 aliphatic carbocycles. The van der Waals surface area contributed by atoms with Crippen LogP contribution in [0.25, 0.3) is 0 Å². The van der Waals surface area contributed by atoms with Gasteiger partial charge < -0.3 is 10.2 Å². The van der Waals surface area contributed by atoms with Crippen LogP contribution in [0.2, 0.25) is 0 Å². The molecule has 1 aliphatic rings. The maximum absolute atomic E-state index is 12.7. The second-order valence-electron chi connectivity index (χ2n) is 5.23. The normalized spacial score (nSPS) is 15.8. The molecule has 110 valence electrons. The minimum Gasteiger partial charge on any atom is -0.384 e. The molecule has 0 atom stereocenters. The van der Waals surface area contributed by atoms with Gasteiger partial charge in [-0.1, -0.05) is 13.0 Å². The van der Waals surface area contributed by atoms with E-state index in [1.54, 1.807) is 0 Å². The molecular formula is C16H24N2OS. The van der Waals surface area contributed by atoms with Gasteiger partial charge in [-0.3, -0.25) is 4.79 Å². The zero-order chi connectivity index (χ0) is 14.4. The van der Waals surface area contributed by atoms with Gasteiger partial charge in [0.1, 0.15) is 0 Å². The van der Waals surface area contributed by atoms with Gasteiger partial charge in [-0.05, 0) is 43.2 Å². The van der Waals surface area contributed by atoms with Gasteiger partial charge in [0.25, 0.3) is 5.91 Å². The predicted molar refractivity (Wildman–Crippen MR) is 87.8 cm³/mol. The topological polar surface area (TPSA) is 32.3 Å². The molecule has 0 unspecified atom stereocenters. The van der Waals surface area contributed by atoms with Gasteiger partial charge in [0.05, 0.1) is 5.56 Å². The lowest BCUT2D eigenvalue weighted by atomic mass is 10.1. The molecule has 3 nitrogen and oxygen atoms in total. The van der Waals surface area contributed by atoms with E-state index < -0.39 is 0 Å². The van der Waals surface area contributed by atoms with Crippen molar-refractivity contribution in [3.63, 3.8) is 0 Å². The Hall–Kier alpha value is -1.16. The number of hydrogen-bond donors (Lipinski definition) is 1. The van der Waals surface area contributed by atoms with Crippen molar-refractivity contribution in [2.45, 2.75) is 26.7 Å². The highest BCUT2D eigenvalue weighted by Crippen LogP contribution is 2.21. The van der Waals surface area contributed by atoms with Crippen molar-refractivity contribution in [3.05, 3.63) is 29.3 Å². The van der Waals surface area contributed by atoms with Gasteiger partial charge >= 0.3 is 0 Å². The highest BCUT2D eigenvalue weighted by molar-refractivity contribution is 7.99. The van der Waals surface area contributed by atoms with Crippen LogP contribution in [0.15, 0.2) is 18.2 Å². The smallest absolute Gasteiger partial charge is 0.255 e. The van der Waals surface area contributed by atoms with E-state index in [1.807, 2.05) is 28.8 Å². The number of carbonyl (C=O) groups excluding carboxylic acids is 1. The van der Waals surface area contributed by atoms with Crippen LogP contribution in [0.3, 0.4) is 0 Å². The molecule has 1 heterocycles. The Kier molecular flexibility index (Phi) is 5.77. The molecule has 4 heteroatoms. The fourth-order valence-corrected chi connectivity index (χ4v) is 3.26. The molecule has 1 aliphatic heterocycles. The van der Waals surface area contributed by atoms with Crippen molar-refractivity contribution < 1.29 is 4.79 Å². The molecular weight excluding hydrogens is 268 g/mol. The number of nitrogens with zero attached hydrogens (tertiary/aromatic N) is 1. The van der Waals surface area contributed by atoms with Crippen molar-refractivity contribution in [3.8, 4) is 0 Å². The number of aryl methyl sites for hydroxylation is 1. The maximum Gasteiger partial charge on any atom is 0.255 e. The molecule has 20 heavy (non-hydrogen) atoms. The van der Waals surface area contributed by atoms with Gasteiger partial charge in [0, 0.05) is 31.1 Å². The van der Waals surface area contributed by atoms with E-state index in [-0.39, 0.29) is 5.91 Å². The molecule has 1 N–H and O–H groups in total. The summed E-state index contributed by atoms with van der Waals surface area (Å²) in [6.07, 6.45) is 2.15. The fraction of sp³-hybridized carbons (Fsp3) is 0.562. The van der Waals surface area contributed by atoms with Gasteiger partial charge in [0.15, 0.2) is 0 Å². The number of thioether (sulfide) groups is 1. The van der Waals surface area contributed by atoms with Crippen molar-refractivity contribution in [1.29, 1.82) is 0 Å². The van der Waals surface area contributed by atoms with Crippen molar-refractivity contribution in [1.82, 2.24) is 4.90 Å². The van der Waals surface area contributed by atoms with Gasteiger partial charge in [0.2, 0.25) is 0 Å². The fourth-order valence-electron chi connectivity index (χ4n) is 2.37. The van der Waals surface area contributed by atoms with Gasteiger partial charge in [-0.25, -0.2) is 0 Å². The van der Waals surface area contributed by atoms with Crippen molar-refractivity contribution >= 4 is 23.4 Å². The quantitative estimate of drug-likeness (QED) is 0.923. The van der Waals surface area contributed by atoms with E-state index >= 15 is 0 Å². The molecule has 1 amide bonds. The second kappa shape index (κ2) is 7.58. The molecule has 0 aromatic heterocycles. The first kappa shape index (κ1) is 15.2. The molecule has 1 aromatic carbocycles. The lowest BCUT2D eigenvalue weighted by molar-refractivity contribution is 0.0769. The number of hydrogen-bond acceptors (Lipinski definition) is 3. The number of nitrogens with one attached hydrogen (secondary N) is 1. The SMILES string of the molecule is CCCNc1cc(C)ccc1C(=O)N1CCCSCC1. The maximum atomic E-state index is 12.7. The molecule has 1 saturated heterocycles. The molecule has 1 aromatic rings. The zero-order valence-corrected chi connectivity index (χ0v) is 13.3. The van der Waals surface area contributed by atoms with Crippen molar-refractivity contribution in [2.24, 2.45) is 0 Å². The van der Waals surface area contributed by atoms with Crippen LogP contribution >= 0.6 is 11.8 Å². The monoisotopic (exact) mass is 292 g/mol. The lowest BCUT2D eigenvalue weighted by Gasteiger charge is -2.22. The standard InChI is InChI=1S/C16H24N2OS/c1-3-7-17-15-12-13(2)5-6-14(15)16(19)18-8-4-10-20-11-9-18/h5-6,12,17H,3-4,7-11H2,1-2H3. The summed E-state index contributed by atoms with van der Waals surface area (Å²) in [4.78, 5) is 14.7. The summed E-state index contributed by atoms with van der Waals surface area (Å²) in [5.41, 5.74) is 2.98. The molecule has 0 spiro atoms. The van der Waals surface area contributed by atoms with E-state index in [1.165, 1.54) is 11.3 Å². The molecule has 0 radical (unpaired) electrons. The lowest BCUT2D eigenvalue weighted by Crippen LogP contribution is -2.33. The third-order valence-electron chi connectivity index (χ3n) is 3.48. The Labute approximate surface area is 126 Å². The Morgan fingerprint density at radius 1 is 1.35 bits per heavy atom. The van der Waals surface area contributed by atoms with Crippen LogP contribution in [0.5, 0.6) is 0 Å². The van der Waals surface area contributed by atoms with E-state index in [9.17, 15) is 4.79 Å². The first-order valence-corrected chi connectivity index (χ1v) is 8.59. The minimum absolute atomic E-state index is 0.172. The van der Waals surface area contributed by atoms with Crippen molar-refractivity contribution in [2.75, 3.05) is 36.5 Å². The Bertz CT molecular complexity index is 454. The summed E-state index contributed by atoms with van der Waals surface area (Å²) in [6, 6.07) is 6.07. The van der Waals surface area contributed by atoms with E-state index in [0.717, 1.165) is 49.5 Å². The summed E-state index contributed by atoms with van der Waals surface area (Å²) in [5.74, 6) is 2.39. The molecule has 0 bridgehead atoms. The number of rotatable bonds is 4. The Balaban J connectivity index is 2.18. The predicted octanol–water partition coefficient (Wildman–Crippen LogP) is 3.40. The zero-order valence-electron chi connectivity index (χ0n) is 12.4. The van der Waals surface area contributed by atoms with Crippen LogP contribution < -0.4 is 5.32 Å². The number of carbonyl (C=O) groups is 1. The van der Waals surface area contributed by atoms with Crippen LogP contribution in [0.4, 0.5) is 5.69 Å². The summed E-state index contributed by atoms with van der Waals surface area (Å²) in [7, 11) is 0. The molecule has 0 saturated carbocycles. The summed E-state index contributed by atoms with van der Waals surface area (Å²) in [5, 5.41) is 3.39. The summed E-state index contributed by atoms with van der Waals surface area (Å²) >= 11 is 1.94. The highest BCUT2D eigenvalue weighted by Gasteiger charge is 2.20. The molecule has 1 fully saturated rings. The van der Waals surface area contributed by atoms with Crippen LogP contribution in [0.1, 0.15) is 35.7 Å². The molecule has 2 rings (SSSR count). The Morgan fingerprint density at radius 2 is 2.20 bits per heavy atom. The van der Waals surface area contributed by atoms with E-state index in [2.05, 4.69) is 25.2 Å². The first-order valence-electron chi connectivity index (χ1n) is 7.44. The minimum atomic E-state index is 0.172. The van der Waals surface area contributed by atoms with Crippen LogP contribution in [0, 0.1) is 6.92 Å². The van der Waals surface area contributed by atoms with Crippen LogP contribution in [-0.2, 0) is 0 Å². The number of benzene rings is 1. The average molecular weight is 292 g/mol. The largest absolute Gasteiger partial charge is 0.384 e. The third-order valence-corrected chi connectivity index (χ3v) is 4.53. The number of anilines is 1.